The summed E-state index contributed by atoms with van der Waals surface area (Å²) in [6.07, 6.45) is -1.61. The fourth-order valence-corrected chi connectivity index (χ4v) is 1.75. The molecule has 2 amide bonds. The Labute approximate surface area is 123 Å². The molecule has 0 aliphatic heterocycles. The number of nitrogens with one attached hydrogen (secondary N) is 1. The lowest BCUT2D eigenvalue weighted by Gasteiger charge is -2.26. The number of hydrogen-bond acceptors (Lipinski definition) is 3. The lowest BCUT2D eigenvalue weighted by molar-refractivity contribution is -0.137. The second kappa shape index (κ2) is 9.49. The van der Waals surface area contributed by atoms with Crippen LogP contribution in [0.2, 0.25) is 0 Å². The van der Waals surface area contributed by atoms with Gasteiger partial charge in [0.2, 0.25) is 0 Å². The van der Waals surface area contributed by atoms with Crippen LogP contribution in [0.4, 0.5) is 13.6 Å². The second-order valence-electron chi connectivity index (χ2n) is 5.60. The molecule has 0 aromatic heterocycles. The quantitative estimate of drug-likeness (QED) is 0.571. The van der Waals surface area contributed by atoms with E-state index in [1.165, 1.54) is 0 Å². The lowest BCUT2D eigenvalue weighted by Crippen LogP contribution is -2.44. The largest absolute Gasteiger partial charge is 0.481 e. The van der Waals surface area contributed by atoms with Crippen LogP contribution in [-0.2, 0) is 4.79 Å². The van der Waals surface area contributed by atoms with Crippen LogP contribution in [0.5, 0.6) is 0 Å². The van der Waals surface area contributed by atoms with Crippen molar-refractivity contribution in [2.24, 2.45) is 5.41 Å². The first-order valence-electron chi connectivity index (χ1n) is 6.81. The maximum Gasteiger partial charge on any atom is 0.317 e. The van der Waals surface area contributed by atoms with E-state index in [1.807, 2.05) is 13.8 Å². The smallest absolute Gasteiger partial charge is 0.317 e. The van der Waals surface area contributed by atoms with Crippen LogP contribution in [0, 0.1) is 5.41 Å². The van der Waals surface area contributed by atoms with Crippen molar-refractivity contribution in [3.63, 3.8) is 0 Å². The van der Waals surface area contributed by atoms with Crippen LogP contribution in [0.3, 0.4) is 0 Å². The zero-order chi connectivity index (χ0) is 16.5. The minimum Gasteiger partial charge on any atom is -0.481 e. The van der Waals surface area contributed by atoms with Gasteiger partial charge in [0.15, 0.2) is 0 Å². The molecule has 0 saturated heterocycles. The van der Waals surface area contributed by atoms with Crippen LogP contribution in [0.25, 0.3) is 0 Å². The van der Waals surface area contributed by atoms with E-state index in [4.69, 9.17) is 10.2 Å². The Kier molecular flexibility index (Phi) is 8.84. The maximum atomic E-state index is 12.3. The molecule has 0 aromatic rings. The van der Waals surface area contributed by atoms with Gasteiger partial charge in [-0.3, -0.25) is 4.79 Å². The molecule has 124 valence electrons. The van der Waals surface area contributed by atoms with Gasteiger partial charge in [-0.2, -0.15) is 0 Å². The average molecular weight is 310 g/mol. The molecule has 0 bridgehead atoms. The number of urea groups is 1. The first-order chi connectivity index (χ1) is 9.68. The Morgan fingerprint density at radius 3 is 2.38 bits per heavy atom. The molecular weight excluding hydrogens is 286 g/mol. The number of carboxylic acids is 1. The fourth-order valence-electron chi connectivity index (χ4n) is 1.75. The van der Waals surface area contributed by atoms with Gasteiger partial charge in [-0.25, -0.2) is 13.6 Å². The van der Waals surface area contributed by atoms with Crippen molar-refractivity contribution in [2.75, 3.05) is 26.2 Å². The van der Waals surface area contributed by atoms with Crippen molar-refractivity contribution in [1.82, 2.24) is 10.2 Å². The van der Waals surface area contributed by atoms with Gasteiger partial charge in [0.25, 0.3) is 6.43 Å². The summed E-state index contributed by atoms with van der Waals surface area (Å²) in [5.41, 5.74) is -0.268. The van der Waals surface area contributed by atoms with Crippen LogP contribution < -0.4 is 5.32 Å². The number of carboxylic acid groups (broad SMARTS) is 1. The van der Waals surface area contributed by atoms with Gasteiger partial charge in [0, 0.05) is 19.5 Å². The van der Waals surface area contributed by atoms with Crippen molar-refractivity contribution in [3.05, 3.63) is 0 Å². The van der Waals surface area contributed by atoms with E-state index in [1.54, 1.807) is 0 Å². The summed E-state index contributed by atoms with van der Waals surface area (Å²) in [4.78, 5) is 23.1. The summed E-state index contributed by atoms with van der Waals surface area (Å²) in [6, 6.07) is -0.654. The summed E-state index contributed by atoms with van der Waals surface area (Å²) in [7, 11) is 0. The van der Waals surface area contributed by atoms with Gasteiger partial charge in [-0.05, 0) is 18.3 Å². The number of carbonyl (C=O) groups is 2. The summed E-state index contributed by atoms with van der Waals surface area (Å²) in [5, 5.41) is 19.9. The molecule has 0 fully saturated rings. The second-order valence-corrected chi connectivity index (χ2v) is 5.60. The summed E-state index contributed by atoms with van der Waals surface area (Å²) < 4.78 is 24.6. The molecule has 0 aromatic carbocycles. The van der Waals surface area contributed by atoms with Crippen LogP contribution in [0.1, 0.15) is 33.1 Å². The minimum absolute atomic E-state index is 0.0446. The van der Waals surface area contributed by atoms with Crippen LogP contribution in [-0.4, -0.2) is 59.8 Å². The molecular formula is C13H24F2N2O4. The molecule has 3 N–H and O–H groups in total. The molecule has 0 atom stereocenters. The molecule has 0 rings (SSSR count). The molecule has 8 heteroatoms. The zero-order valence-corrected chi connectivity index (χ0v) is 12.4. The van der Waals surface area contributed by atoms with Gasteiger partial charge in [-0.15, -0.1) is 0 Å². The molecule has 0 radical (unpaired) electrons. The molecule has 6 nitrogen and oxygen atoms in total. The standard InChI is InChI=1S/C13H24F2N2O4/c1-13(2,4-3-11(19)20)5-6-16-12(21)17(7-8-18)9-10(14)15/h10,18H,3-9H2,1-2H3,(H,16,21)(H,19,20). The Morgan fingerprint density at radius 1 is 1.29 bits per heavy atom. The Morgan fingerprint density at radius 2 is 1.90 bits per heavy atom. The third-order valence-corrected chi connectivity index (χ3v) is 3.11. The monoisotopic (exact) mass is 310 g/mol. The summed E-state index contributed by atoms with van der Waals surface area (Å²) in [5.74, 6) is -0.877. The third kappa shape index (κ3) is 10.0. The fraction of sp³-hybridized carbons (Fsp3) is 0.846. The molecule has 0 unspecified atom stereocenters. The van der Waals surface area contributed by atoms with Crippen LogP contribution >= 0.6 is 0 Å². The van der Waals surface area contributed by atoms with E-state index in [9.17, 15) is 18.4 Å². The minimum atomic E-state index is -2.66. The molecule has 0 heterocycles. The maximum absolute atomic E-state index is 12.3. The van der Waals surface area contributed by atoms with Crippen molar-refractivity contribution in [1.29, 1.82) is 0 Å². The summed E-state index contributed by atoms with van der Waals surface area (Å²) >= 11 is 0. The molecule has 0 spiro atoms. The Bertz CT molecular complexity index is 338. The number of amides is 2. The van der Waals surface area contributed by atoms with Crippen LogP contribution in [0.15, 0.2) is 0 Å². The number of aliphatic carboxylic acids is 1. The predicted octanol–water partition coefficient (Wildman–Crippen LogP) is 1.54. The van der Waals surface area contributed by atoms with E-state index in [2.05, 4.69) is 5.32 Å². The highest BCUT2D eigenvalue weighted by atomic mass is 19.3. The van der Waals surface area contributed by atoms with Crippen molar-refractivity contribution < 1.29 is 28.6 Å². The molecule has 0 aliphatic carbocycles. The molecule has 0 saturated carbocycles. The number of rotatable bonds is 10. The molecule has 0 aliphatic rings. The topological polar surface area (TPSA) is 89.9 Å². The highest BCUT2D eigenvalue weighted by Crippen LogP contribution is 2.25. The third-order valence-electron chi connectivity index (χ3n) is 3.11. The van der Waals surface area contributed by atoms with E-state index in [0.29, 0.717) is 12.8 Å². The van der Waals surface area contributed by atoms with Crippen molar-refractivity contribution >= 4 is 12.0 Å². The van der Waals surface area contributed by atoms with Crippen molar-refractivity contribution in [3.8, 4) is 0 Å². The zero-order valence-electron chi connectivity index (χ0n) is 12.4. The van der Waals surface area contributed by atoms with Gasteiger partial charge in [0.05, 0.1) is 13.2 Å². The van der Waals surface area contributed by atoms with Gasteiger partial charge < -0.3 is 20.4 Å². The lowest BCUT2D eigenvalue weighted by atomic mass is 9.84. The van der Waals surface area contributed by atoms with E-state index in [0.717, 1.165) is 4.90 Å². The highest BCUT2D eigenvalue weighted by Gasteiger charge is 2.21. The number of aliphatic hydroxyl groups excluding tert-OH is 1. The van der Waals surface area contributed by atoms with Gasteiger partial charge in [-0.1, -0.05) is 13.8 Å². The van der Waals surface area contributed by atoms with E-state index < -0.39 is 25.0 Å². The Hall–Kier alpha value is -1.44. The number of carbonyl (C=O) groups excluding carboxylic acids is 1. The number of alkyl halides is 2. The van der Waals surface area contributed by atoms with Crippen molar-refractivity contribution in [2.45, 2.75) is 39.5 Å². The van der Waals surface area contributed by atoms with Gasteiger partial charge >= 0.3 is 12.0 Å². The highest BCUT2D eigenvalue weighted by molar-refractivity contribution is 5.74. The summed E-state index contributed by atoms with van der Waals surface area (Å²) in [6.45, 7) is 2.76. The number of halogens is 2. The SMILES string of the molecule is CC(C)(CCNC(=O)N(CCO)CC(F)F)CCC(=O)O. The number of aliphatic hydroxyl groups is 1. The first-order valence-corrected chi connectivity index (χ1v) is 6.81. The van der Waals surface area contributed by atoms with E-state index >= 15 is 0 Å². The molecule has 21 heavy (non-hydrogen) atoms. The Balaban J connectivity index is 4.17. The number of nitrogens with zero attached hydrogens (tertiary/aromatic N) is 1. The normalized spacial score (nSPS) is 11.5. The average Bonchev–Trinajstić information content (AvgIpc) is 2.35. The first kappa shape index (κ1) is 19.6. The predicted molar refractivity (Wildman–Crippen MR) is 73.3 cm³/mol. The van der Waals surface area contributed by atoms with E-state index in [-0.39, 0.29) is 31.5 Å². The van der Waals surface area contributed by atoms with Gasteiger partial charge in [0.1, 0.15) is 0 Å². The number of hydrogen-bond donors (Lipinski definition) is 3.